The fourth-order valence-corrected chi connectivity index (χ4v) is 4.36. The molecule has 2 N–H and O–H groups in total. The van der Waals surface area contributed by atoms with Crippen LogP contribution in [0.25, 0.3) is 0 Å². The van der Waals surface area contributed by atoms with E-state index in [1.54, 1.807) is 6.20 Å². The van der Waals surface area contributed by atoms with E-state index < -0.39 is 9.84 Å². The molecule has 1 fully saturated rings. The van der Waals surface area contributed by atoms with E-state index in [4.69, 9.17) is 0 Å². The average Bonchev–Trinajstić information content (AvgIpc) is 3.12. The molecule has 1 atom stereocenters. The number of nitrogens with one attached hydrogen (secondary N) is 2. The number of hydrogen-bond acceptors (Lipinski definition) is 4. The Morgan fingerprint density at radius 1 is 1.25 bits per heavy atom. The van der Waals surface area contributed by atoms with Gasteiger partial charge in [0.15, 0.2) is 9.84 Å². The first kappa shape index (κ1) is 16.5. The first-order valence-electron chi connectivity index (χ1n) is 7.80. The molecule has 0 saturated carbocycles. The number of rotatable bonds is 5. The van der Waals surface area contributed by atoms with E-state index in [1.165, 1.54) is 0 Å². The lowest BCUT2D eigenvalue weighted by Crippen LogP contribution is -2.42. The summed E-state index contributed by atoms with van der Waals surface area (Å²) in [5, 5.41) is 9.70. The van der Waals surface area contributed by atoms with E-state index in [0.717, 1.165) is 11.1 Å². The van der Waals surface area contributed by atoms with Gasteiger partial charge in [0, 0.05) is 24.3 Å². The maximum absolute atomic E-state index is 11.8. The van der Waals surface area contributed by atoms with Gasteiger partial charge in [-0.05, 0) is 12.0 Å². The summed E-state index contributed by atoms with van der Waals surface area (Å²) in [6, 6.07) is 9.34. The van der Waals surface area contributed by atoms with Gasteiger partial charge in [-0.2, -0.15) is 5.10 Å². The Hall–Kier alpha value is -2.35. The number of sulfone groups is 1. The zero-order chi connectivity index (χ0) is 17.0. The molecule has 1 aromatic heterocycles. The van der Waals surface area contributed by atoms with Crippen molar-refractivity contribution in [3.05, 3.63) is 53.9 Å². The fourth-order valence-electron chi connectivity index (χ4n) is 2.68. The molecule has 1 saturated heterocycles. The van der Waals surface area contributed by atoms with Crippen LogP contribution in [0.5, 0.6) is 0 Å². The molecule has 0 spiro atoms. The number of carbonyl (C=O) groups excluding carboxylic acids is 1. The van der Waals surface area contributed by atoms with Crippen LogP contribution < -0.4 is 10.6 Å². The van der Waals surface area contributed by atoms with E-state index in [1.807, 2.05) is 41.2 Å². The lowest BCUT2D eigenvalue weighted by Gasteiger charge is -2.11. The Balaban J connectivity index is 1.46. The highest BCUT2D eigenvalue weighted by Gasteiger charge is 2.28. The minimum absolute atomic E-state index is 0.0232. The number of aromatic nitrogens is 2. The van der Waals surface area contributed by atoms with E-state index >= 15 is 0 Å². The SMILES string of the molecule is O=C(NCc1cnn(Cc2ccccc2)c1)NC1CCS(=O)(=O)C1. The Morgan fingerprint density at radius 3 is 2.75 bits per heavy atom. The lowest BCUT2D eigenvalue weighted by molar-refractivity contribution is 0.237. The van der Waals surface area contributed by atoms with Crippen molar-refractivity contribution in [3.8, 4) is 0 Å². The third kappa shape index (κ3) is 4.58. The maximum Gasteiger partial charge on any atom is 0.315 e. The molecule has 1 aromatic carbocycles. The van der Waals surface area contributed by atoms with E-state index in [9.17, 15) is 13.2 Å². The molecule has 8 heteroatoms. The van der Waals surface area contributed by atoms with E-state index in [2.05, 4.69) is 15.7 Å². The second-order valence-electron chi connectivity index (χ2n) is 5.96. The highest BCUT2D eigenvalue weighted by molar-refractivity contribution is 7.91. The fraction of sp³-hybridized carbons (Fsp3) is 0.375. The van der Waals surface area contributed by atoms with Crippen molar-refractivity contribution in [2.75, 3.05) is 11.5 Å². The highest BCUT2D eigenvalue weighted by atomic mass is 32.2. The Bertz CT molecular complexity index is 802. The third-order valence-corrected chi connectivity index (χ3v) is 5.66. The normalized spacial score (nSPS) is 19.1. The predicted octanol–water partition coefficient (Wildman–Crippen LogP) is 0.918. The molecule has 0 bridgehead atoms. The molecular formula is C16H20N4O3S. The van der Waals surface area contributed by atoms with Crippen LogP contribution in [0, 0.1) is 0 Å². The van der Waals surface area contributed by atoms with Crippen molar-refractivity contribution >= 4 is 15.9 Å². The van der Waals surface area contributed by atoms with Crippen molar-refractivity contribution in [1.82, 2.24) is 20.4 Å². The summed E-state index contributed by atoms with van der Waals surface area (Å²) >= 11 is 0. The standard InChI is InChI=1S/C16H20N4O3S/c21-16(19-15-6-7-24(22,23)12-15)17-8-14-9-18-20(11-14)10-13-4-2-1-3-5-13/h1-5,9,11,15H,6-8,10,12H2,(H2,17,19,21). The molecule has 128 valence electrons. The van der Waals surface area contributed by atoms with Crippen molar-refractivity contribution in [2.45, 2.75) is 25.6 Å². The summed E-state index contributed by atoms with van der Waals surface area (Å²) < 4.78 is 24.6. The van der Waals surface area contributed by atoms with Crippen LogP contribution >= 0.6 is 0 Å². The Morgan fingerprint density at radius 2 is 2.04 bits per heavy atom. The van der Waals surface area contributed by atoms with Crippen LogP contribution in [0.4, 0.5) is 4.79 Å². The number of benzene rings is 1. The molecule has 7 nitrogen and oxygen atoms in total. The van der Waals surface area contributed by atoms with E-state index in [0.29, 0.717) is 19.5 Å². The summed E-state index contributed by atoms with van der Waals surface area (Å²) in [4.78, 5) is 11.8. The van der Waals surface area contributed by atoms with Gasteiger partial charge in [-0.3, -0.25) is 4.68 Å². The molecule has 1 unspecified atom stereocenters. The van der Waals surface area contributed by atoms with Gasteiger partial charge in [-0.25, -0.2) is 13.2 Å². The van der Waals surface area contributed by atoms with Crippen LogP contribution in [0.1, 0.15) is 17.5 Å². The monoisotopic (exact) mass is 348 g/mol. The molecule has 0 aliphatic carbocycles. The molecule has 3 rings (SSSR count). The number of carbonyl (C=O) groups is 1. The van der Waals surface area contributed by atoms with Gasteiger partial charge in [0.2, 0.25) is 0 Å². The molecular weight excluding hydrogens is 328 g/mol. The Kier molecular flexibility index (Phi) is 4.84. The smallest absolute Gasteiger partial charge is 0.315 e. The number of hydrogen-bond donors (Lipinski definition) is 2. The lowest BCUT2D eigenvalue weighted by atomic mass is 10.2. The molecule has 0 radical (unpaired) electrons. The molecule has 2 heterocycles. The minimum Gasteiger partial charge on any atom is -0.334 e. The van der Waals surface area contributed by atoms with Crippen LogP contribution in [0.3, 0.4) is 0 Å². The zero-order valence-corrected chi connectivity index (χ0v) is 14.0. The van der Waals surface area contributed by atoms with Gasteiger partial charge in [0.05, 0.1) is 24.2 Å². The van der Waals surface area contributed by atoms with Crippen molar-refractivity contribution in [2.24, 2.45) is 0 Å². The van der Waals surface area contributed by atoms with Gasteiger partial charge in [0.1, 0.15) is 0 Å². The van der Waals surface area contributed by atoms with Crippen molar-refractivity contribution in [3.63, 3.8) is 0 Å². The minimum atomic E-state index is -2.99. The molecule has 1 aliphatic heterocycles. The van der Waals surface area contributed by atoms with Crippen LogP contribution in [0.15, 0.2) is 42.7 Å². The number of nitrogens with zero attached hydrogens (tertiary/aromatic N) is 2. The first-order chi connectivity index (χ1) is 11.5. The third-order valence-electron chi connectivity index (χ3n) is 3.89. The first-order valence-corrected chi connectivity index (χ1v) is 9.62. The van der Waals surface area contributed by atoms with E-state index in [-0.39, 0.29) is 23.6 Å². The quantitative estimate of drug-likeness (QED) is 0.840. The van der Waals surface area contributed by atoms with Crippen molar-refractivity contribution < 1.29 is 13.2 Å². The summed E-state index contributed by atoms with van der Waals surface area (Å²) in [6.45, 7) is 1.02. The zero-order valence-electron chi connectivity index (χ0n) is 13.2. The predicted molar refractivity (Wildman–Crippen MR) is 90.2 cm³/mol. The average molecular weight is 348 g/mol. The maximum atomic E-state index is 11.8. The van der Waals surface area contributed by atoms with Crippen LogP contribution in [-0.2, 0) is 22.9 Å². The summed E-state index contributed by atoms with van der Waals surface area (Å²) in [5.74, 6) is 0.166. The topological polar surface area (TPSA) is 93.1 Å². The summed E-state index contributed by atoms with van der Waals surface area (Å²) in [7, 11) is -2.99. The largest absolute Gasteiger partial charge is 0.334 e. The van der Waals surface area contributed by atoms with Gasteiger partial charge >= 0.3 is 6.03 Å². The number of urea groups is 1. The molecule has 1 aliphatic rings. The summed E-state index contributed by atoms with van der Waals surface area (Å²) in [5.41, 5.74) is 2.04. The second-order valence-corrected chi connectivity index (χ2v) is 8.19. The summed E-state index contributed by atoms with van der Waals surface area (Å²) in [6.07, 6.45) is 4.07. The Labute approximate surface area is 141 Å². The van der Waals surface area contributed by atoms with Gasteiger partial charge in [0.25, 0.3) is 0 Å². The van der Waals surface area contributed by atoms with Crippen LogP contribution in [-0.4, -0.2) is 41.8 Å². The van der Waals surface area contributed by atoms with Crippen molar-refractivity contribution in [1.29, 1.82) is 0 Å². The van der Waals surface area contributed by atoms with Gasteiger partial charge < -0.3 is 10.6 Å². The number of amides is 2. The van der Waals surface area contributed by atoms with Gasteiger partial charge in [-0.15, -0.1) is 0 Å². The second kappa shape index (κ2) is 7.04. The molecule has 2 amide bonds. The van der Waals surface area contributed by atoms with Crippen LogP contribution in [0.2, 0.25) is 0 Å². The molecule has 24 heavy (non-hydrogen) atoms. The highest BCUT2D eigenvalue weighted by Crippen LogP contribution is 2.11. The van der Waals surface area contributed by atoms with Gasteiger partial charge in [-0.1, -0.05) is 30.3 Å². The molecule has 2 aromatic rings.